The minimum absolute atomic E-state index is 0.101. The first-order valence-electron chi connectivity index (χ1n) is 8.69. The lowest BCUT2D eigenvalue weighted by molar-refractivity contribution is 0.113. The lowest BCUT2D eigenvalue weighted by Crippen LogP contribution is -2.48. The van der Waals surface area contributed by atoms with E-state index in [1.807, 2.05) is 24.3 Å². The van der Waals surface area contributed by atoms with Crippen molar-refractivity contribution in [3.8, 4) is 0 Å². The van der Waals surface area contributed by atoms with Gasteiger partial charge in [0.05, 0.1) is 4.90 Å². The van der Waals surface area contributed by atoms with Gasteiger partial charge >= 0.3 is 0 Å². The van der Waals surface area contributed by atoms with E-state index in [0.29, 0.717) is 5.02 Å². The summed E-state index contributed by atoms with van der Waals surface area (Å²) in [6, 6.07) is 16.0. The molecule has 1 aliphatic rings. The van der Waals surface area contributed by atoms with Crippen molar-refractivity contribution in [2.24, 2.45) is 0 Å². The average Bonchev–Trinajstić information content (AvgIpc) is 2.65. The third-order valence-electron chi connectivity index (χ3n) is 4.76. The highest BCUT2D eigenvalue weighted by atomic mass is 35.5. The van der Waals surface area contributed by atoms with Crippen LogP contribution >= 0.6 is 11.6 Å². The molecule has 1 fully saturated rings. The van der Waals surface area contributed by atoms with Crippen LogP contribution in [0.4, 0.5) is 0 Å². The number of hydrogen-bond acceptors (Lipinski definition) is 4. The molecule has 5 nitrogen and oxygen atoms in total. The van der Waals surface area contributed by atoms with E-state index >= 15 is 0 Å². The molecule has 0 aromatic heterocycles. The van der Waals surface area contributed by atoms with Crippen molar-refractivity contribution in [1.82, 2.24) is 14.5 Å². The number of nitrogens with zero attached hydrogens (tertiary/aromatic N) is 2. The van der Waals surface area contributed by atoms with Gasteiger partial charge in [-0.15, -0.1) is 0 Å². The molecular formula is C19H24ClN3O2S. The Labute approximate surface area is 160 Å². The zero-order valence-corrected chi connectivity index (χ0v) is 16.4. The largest absolute Gasteiger partial charge is 0.304 e. The van der Waals surface area contributed by atoms with Gasteiger partial charge < -0.3 is 4.90 Å². The molecule has 0 bridgehead atoms. The molecule has 1 heterocycles. The number of piperazine rings is 1. The Morgan fingerprint density at radius 1 is 1.00 bits per heavy atom. The Morgan fingerprint density at radius 3 is 2.27 bits per heavy atom. The van der Waals surface area contributed by atoms with Crippen LogP contribution in [-0.2, 0) is 10.0 Å². The number of benzene rings is 2. The van der Waals surface area contributed by atoms with Gasteiger partial charge in [0, 0.05) is 43.8 Å². The average molecular weight is 394 g/mol. The summed E-state index contributed by atoms with van der Waals surface area (Å²) < 4.78 is 28.0. The zero-order chi connectivity index (χ0) is 18.6. The van der Waals surface area contributed by atoms with Crippen LogP contribution in [0, 0.1) is 0 Å². The number of nitrogens with one attached hydrogen (secondary N) is 1. The predicted molar refractivity (Wildman–Crippen MR) is 105 cm³/mol. The van der Waals surface area contributed by atoms with E-state index in [-0.39, 0.29) is 17.5 Å². The van der Waals surface area contributed by atoms with Crippen molar-refractivity contribution in [2.75, 3.05) is 39.8 Å². The molecule has 0 saturated carbocycles. The molecule has 1 unspecified atom stereocenters. The molecule has 1 aliphatic heterocycles. The first kappa shape index (κ1) is 19.3. The van der Waals surface area contributed by atoms with Crippen LogP contribution in [0.2, 0.25) is 5.02 Å². The molecule has 140 valence electrons. The maximum atomic E-state index is 12.6. The quantitative estimate of drug-likeness (QED) is 0.819. The fourth-order valence-electron chi connectivity index (χ4n) is 3.19. The summed E-state index contributed by atoms with van der Waals surface area (Å²) >= 11 is 6.42. The first-order chi connectivity index (χ1) is 12.5. The van der Waals surface area contributed by atoms with Gasteiger partial charge in [-0.2, -0.15) is 0 Å². The smallest absolute Gasteiger partial charge is 0.240 e. The van der Waals surface area contributed by atoms with Crippen molar-refractivity contribution < 1.29 is 8.42 Å². The van der Waals surface area contributed by atoms with E-state index in [4.69, 9.17) is 11.6 Å². The van der Waals surface area contributed by atoms with E-state index in [1.54, 1.807) is 30.3 Å². The third kappa shape index (κ3) is 4.64. The Morgan fingerprint density at radius 2 is 1.62 bits per heavy atom. The molecular weight excluding hydrogens is 370 g/mol. The summed E-state index contributed by atoms with van der Waals surface area (Å²) in [4.78, 5) is 4.85. The fraction of sp³-hybridized carbons (Fsp3) is 0.368. The molecule has 1 N–H and O–H groups in total. The summed E-state index contributed by atoms with van der Waals surface area (Å²) in [7, 11) is -1.46. The molecule has 1 atom stereocenters. The monoisotopic (exact) mass is 393 g/mol. The van der Waals surface area contributed by atoms with Crippen LogP contribution < -0.4 is 4.72 Å². The fourth-order valence-corrected chi connectivity index (χ4v) is 4.51. The first-order valence-corrected chi connectivity index (χ1v) is 10.6. The number of sulfonamides is 1. The minimum atomic E-state index is -3.56. The van der Waals surface area contributed by atoms with E-state index in [2.05, 4.69) is 21.6 Å². The van der Waals surface area contributed by atoms with Crippen molar-refractivity contribution in [1.29, 1.82) is 0 Å². The highest BCUT2D eigenvalue weighted by Gasteiger charge is 2.27. The lowest BCUT2D eigenvalue weighted by atomic mass is 10.0. The van der Waals surface area contributed by atoms with Gasteiger partial charge in [-0.3, -0.25) is 4.90 Å². The van der Waals surface area contributed by atoms with Crippen LogP contribution in [0.5, 0.6) is 0 Å². The molecule has 0 aliphatic carbocycles. The second-order valence-corrected chi connectivity index (χ2v) is 8.72. The van der Waals surface area contributed by atoms with Gasteiger partial charge in [-0.25, -0.2) is 13.1 Å². The van der Waals surface area contributed by atoms with Gasteiger partial charge in [0.15, 0.2) is 0 Å². The predicted octanol–water partition coefficient (Wildman–Crippen LogP) is 2.61. The van der Waals surface area contributed by atoms with Crippen molar-refractivity contribution in [3.05, 3.63) is 65.2 Å². The van der Waals surface area contributed by atoms with Crippen LogP contribution in [-0.4, -0.2) is 58.0 Å². The molecule has 3 rings (SSSR count). The zero-order valence-electron chi connectivity index (χ0n) is 14.8. The Kier molecular flexibility index (Phi) is 6.32. The summed E-state index contributed by atoms with van der Waals surface area (Å²) in [6.45, 7) is 3.93. The normalized spacial score (nSPS) is 17.9. The van der Waals surface area contributed by atoms with Crippen LogP contribution in [0.3, 0.4) is 0 Å². The maximum absolute atomic E-state index is 12.6. The molecule has 2 aromatic rings. The SMILES string of the molecule is CN1CCN(C(CNS(=O)(=O)c2ccccc2)c2ccccc2Cl)CC1. The lowest BCUT2D eigenvalue weighted by Gasteiger charge is -2.38. The van der Waals surface area contributed by atoms with Gasteiger partial charge in [0.2, 0.25) is 10.0 Å². The molecule has 0 radical (unpaired) electrons. The van der Waals surface area contributed by atoms with Gasteiger partial charge in [-0.1, -0.05) is 48.0 Å². The molecule has 2 aromatic carbocycles. The third-order valence-corrected chi connectivity index (χ3v) is 6.55. The molecule has 0 spiro atoms. The van der Waals surface area contributed by atoms with E-state index in [9.17, 15) is 8.42 Å². The highest BCUT2D eigenvalue weighted by molar-refractivity contribution is 7.89. The van der Waals surface area contributed by atoms with Crippen LogP contribution in [0.25, 0.3) is 0 Å². The maximum Gasteiger partial charge on any atom is 0.240 e. The molecule has 1 saturated heterocycles. The second kappa shape index (κ2) is 8.50. The van der Waals surface area contributed by atoms with Gasteiger partial charge in [0.25, 0.3) is 0 Å². The molecule has 0 amide bonds. The Bertz CT molecular complexity index is 822. The Balaban J connectivity index is 1.81. The number of halogens is 1. The minimum Gasteiger partial charge on any atom is -0.304 e. The van der Waals surface area contributed by atoms with Crippen LogP contribution in [0.15, 0.2) is 59.5 Å². The van der Waals surface area contributed by atoms with E-state index < -0.39 is 10.0 Å². The second-order valence-electron chi connectivity index (χ2n) is 6.54. The van der Waals surface area contributed by atoms with Crippen molar-refractivity contribution >= 4 is 21.6 Å². The summed E-state index contributed by atoms with van der Waals surface area (Å²) in [5.41, 5.74) is 0.953. The van der Waals surface area contributed by atoms with Crippen molar-refractivity contribution in [2.45, 2.75) is 10.9 Å². The standard InChI is InChI=1S/C19H24ClN3O2S/c1-22-11-13-23(14-12-22)19(17-9-5-6-10-18(17)20)15-21-26(24,25)16-7-3-2-4-8-16/h2-10,19,21H,11-15H2,1H3. The van der Waals surface area contributed by atoms with Gasteiger partial charge in [0.1, 0.15) is 0 Å². The number of likely N-dealkylation sites (N-methyl/N-ethyl adjacent to an activating group) is 1. The number of hydrogen-bond donors (Lipinski definition) is 1. The number of rotatable bonds is 6. The highest BCUT2D eigenvalue weighted by Crippen LogP contribution is 2.28. The molecule has 7 heteroatoms. The topological polar surface area (TPSA) is 52.6 Å². The van der Waals surface area contributed by atoms with Gasteiger partial charge in [-0.05, 0) is 30.8 Å². The van der Waals surface area contributed by atoms with E-state index in [1.165, 1.54) is 0 Å². The Hall–Kier alpha value is -1.44. The molecule has 26 heavy (non-hydrogen) atoms. The summed E-state index contributed by atoms with van der Waals surface area (Å²) in [6.07, 6.45) is 0. The van der Waals surface area contributed by atoms with Crippen molar-refractivity contribution in [3.63, 3.8) is 0 Å². The summed E-state index contributed by atoms with van der Waals surface area (Å²) in [5.74, 6) is 0. The van der Waals surface area contributed by atoms with Crippen LogP contribution in [0.1, 0.15) is 11.6 Å². The van der Waals surface area contributed by atoms with E-state index in [0.717, 1.165) is 31.7 Å². The summed E-state index contributed by atoms with van der Waals surface area (Å²) in [5, 5.41) is 0.662.